The first-order chi connectivity index (χ1) is 10.1. The summed E-state index contributed by atoms with van der Waals surface area (Å²) in [6, 6.07) is 10.5. The Kier molecular flexibility index (Phi) is 3.75. The van der Waals surface area contributed by atoms with Crippen molar-refractivity contribution in [2.24, 2.45) is 5.92 Å². The van der Waals surface area contributed by atoms with E-state index >= 15 is 0 Å². The van der Waals surface area contributed by atoms with Gasteiger partial charge in [0.2, 0.25) is 0 Å². The van der Waals surface area contributed by atoms with Gasteiger partial charge in [-0.05, 0) is 24.3 Å². The lowest BCUT2D eigenvalue weighted by Gasteiger charge is -2.13. The lowest BCUT2D eigenvalue weighted by molar-refractivity contribution is 0.511. The van der Waals surface area contributed by atoms with Crippen LogP contribution in [-0.4, -0.2) is 9.55 Å². The maximum absolute atomic E-state index is 6.46. The fraction of sp³-hybridized carbons (Fsp3) is 0.500. The third-order valence-corrected chi connectivity index (χ3v) is 4.26. The second-order valence-electron chi connectivity index (χ2n) is 6.65. The minimum atomic E-state index is 0.247. The van der Waals surface area contributed by atoms with E-state index in [4.69, 9.17) is 10.7 Å². The number of hydrogen-bond acceptors (Lipinski definition) is 2. The van der Waals surface area contributed by atoms with Crippen LogP contribution in [0, 0.1) is 5.92 Å². The van der Waals surface area contributed by atoms with E-state index in [1.165, 1.54) is 24.2 Å². The summed E-state index contributed by atoms with van der Waals surface area (Å²) >= 11 is 0. The Hall–Kier alpha value is -1.77. The predicted molar refractivity (Wildman–Crippen MR) is 87.4 cm³/mol. The average molecular weight is 283 g/mol. The standard InChI is InChI=1S/C18H25N3/c1-12(2)11-21-17(19)16(20-18(21)15-9-10-15)13(3)14-7-5-4-6-8-14/h4-8,12-13,15H,9-11,19H2,1-3H3. The molecule has 1 aliphatic rings. The second-order valence-corrected chi connectivity index (χ2v) is 6.65. The number of hydrogen-bond donors (Lipinski definition) is 1. The average Bonchev–Trinajstić information content (AvgIpc) is 3.26. The van der Waals surface area contributed by atoms with Crippen molar-refractivity contribution in [3.63, 3.8) is 0 Å². The van der Waals surface area contributed by atoms with E-state index < -0.39 is 0 Å². The van der Waals surface area contributed by atoms with Crippen LogP contribution in [0.3, 0.4) is 0 Å². The predicted octanol–water partition coefficient (Wildman–Crippen LogP) is 4.15. The molecule has 1 unspecified atom stereocenters. The molecule has 3 heteroatoms. The first-order valence-electron chi connectivity index (χ1n) is 7.98. The smallest absolute Gasteiger partial charge is 0.127 e. The minimum Gasteiger partial charge on any atom is -0.384 e. The molecule has 0 spiro atoms. The van der Waals surface area contributed by atoms with Gasteiger partial charge in [0.25, 0.3) is 0 Å². The van der Waals surface area contributed by atoms with E-state index in [9.17, 15) is 0 Å². The molecule has 112 valence electrons. The van der Waals surface area contributed by atoms with Gasteiger partial charge in [-0.15, -0.1) is 0 Å². The summed E-state index contributed by atoms with van der Waals surface area (Å²) in [5, 5.41) is 0. The van der Waals surface area contributed by atoms with Crippen LogP contribution in [0.2, 0.25) is 0 Å². The van der Waals surface area contributed by atoms with Gasteiger partial charge in [0.15, 0.2) is 0 Å². The highest BCUT2D eigenvalue weighted by molar-refractivity contribution is 5.45. The summed E-state index contributed by atoms with van der Waals surface area (Å²) in [7, 11) is 0. The van der Waals surface area contributed by atoms with Gasteiger partial charge in [-0.3, -0.25) is 0 Å². The lowest BCUT2D eigenvalue weighted by atomic mass is 9.98. The lowest BCUT2D eigenvalue weighted by Crippen LogP contribution is -2.11. The molecule has 1 aromatic carbocycles. The molecule has 1 saturated carbocycles. The van der Waals surface area contributed by atoms with Crippen molar-refractivity contribution in [1.29, 1.82) is 0 Å². The SMILES string of the molecule is CC(C)Cn1c(C2CC2)nc(C(C)c2ccccc2)c1N. The van der Waals surface area contributed by atoms with Crippen LogP contribution in [-0.2, 0) is 6.54 Å². The number of nitrogen functional groups attached to an aromatic ring is 1. The number of rotatable bonds is 5. The van der Waals surface area contributed by atoms with Gasteiger partial charge in [-0.2, -0.15) is 0 Å². The molecule has 3 rings (SSSR count). The first kappa shape index (κ1) is 14.2. The van der Waals surface area contributed by atoms with Gasteiger partial charge in [-0.25, -0.2) is 4.98 Å². The maximum atomic E-state index is 6.46. The van der Waals surface area contributed by atoms with Crippen molar-refractivity contribution in [3.05, 3.63) is 47.4 Å². The molecule has 21 heavy (non-hydrogen) atoms. The highest BCUT2D eigenvalue weighted by atomic mass is 15.2. The van der Waals surface area contributed by atoms with Crippen molar-refractivity contribution >= 4 is 5.82 Å². The molecule has 1 atom stereocenters. The van der Waals surface area contributed by atoms with Crippen LogP contribution >= 0.6 is 0 Å². The molecule has 0 aliphatic heterocycles. The van der Waals surface area contributed by atoms with Crippen molar-refractivity contribution in [1.82, 2.24) is 9.55 Å². The third-order valence-electron chi connectivity index (χ3n) is 4.26. The fourth-order valence-electron chi connectivity index (χ4n) is 2.93. The Labute approximate surface area is 127 Å². The summed E-state index contributed by atoms with van der Waals surface area (Å²) in [6.07, 6.45) is 2.52. The molecule has 3 nitrogen and oxygen atoms in total. The molecular weight excluding hydrogens is 258 g/mol. The number of benzene rings is 1. The number of aromatic nitrogens is 2. The van der Waals surface area contributed by atoms with Crippen LogP contribution in [0.5, 0.6) is 0 Å². The highest BCUT2D eigenvalue weighted by Crippen LogP contribution is 2.42. The van der Waals surface area contributed by atoms with Gasteiger partial charge in [0.1, 0.15) is 11.6 Å². The Bertz CT molecular complexity index is 609. The normalized spacial score (nSPS) is 16.4. The van der Waals surface area contributed by atoms with E-state index in [1.807, 2.05) is 6.07 Å². The van der Waals surface area contributed by atoms with Crippen LogP contribution in [0.15, 0.2) is 30.3 Å². The summed E-state index contributed by atoms with van der Waals surface area (Å²) in [5.41, 5.74) is 8.78. The van der Waals surface area contributed by atoms with Crippen molar-refractivity contribution in [3.8, 4) is 0 Å². The highest BCUT2D eigenvalue weighted by Gasteiger charge is 2.32. The number of nitrogens with two attached hydrogens (primary N) is 1. The molecule has 2 aromatic rings. The van der Waals surface area contributed by atoms with E-state index in [0.29, 0.717) is 11.8 Å². The maximum Gasteiger partial charge on any atom is 0.127 e. The van der Waals surface area contributed by atoms with Gasteiger partial charge in [0.05, 0.1) is 5.69 Å². The number of nitrogens with zero attached hydrogens (tertiary/aromatic N) is 2. The zero-order valence-corrected chi connectivity index (χ0v) is 13.2. The molecule has 1 fully saturated rings. The molecule has 0 bridgehead atoms. The van der Waals surface area contributed by atoms with Gasteiger partial charge < -0.3 is 10.3 Å². The molecule has 1 heterocycles. The number of anilines is 1. The van der Waals surface area contributed by atoms with E-state index in [2.05, 4.69) is 49.6 Å². The Morgan fingerprint density at radius 3 is 2.43 bits per heavy atom. The van der Waals surface area contributed by atoms with Crippen LogP contribution < -0.4 is 5.73 Å². The molecule has 1 aliphatic carbocycles. The van der Waals surface area contributed by atoms with Crippen molar-refractivity contribution in [2.45, 2.75) is 52.0 Å². The van der Waals surface area contributed by atoms with E-state index in [0.717, 1.165) is 18.1 Å². The minimum absolute atomic E-state index is 0.247. The molecule has 0 saturated heterocycles. The zero-order chi connectivity index (χ0) is 15.0. The van der Waals surface area contributed by atoms with E-state index in [-0.39, 0.29) is 5.92 Å². The summed E-state index contributed by atoms with van der Waals surface area (Å²) in [5.74, 6) is 3.53. The van der Waals surface area contributed by atoms with Crippen LogP contribution in [0.4, 0.5) is 5.82 Å². The quantitative estimate of drug-likeness (QED) is 0.895. The zero-order valence-electron chi connectivity index (χ0n) is 13.2. The summed E-state index contributed by atoms with van der Waals surface area (Å²) in [4.78, 5) is 4.94. The summed E-state index contributed by atoms with van der Waals surface area (Å²) in [6.45, 7) is 7.63. The van der Waals surface area contributed by atoms with Crippen molar-refractivity contribution < 1.29 is 0 Å². The molecule has 2 N–H and O–H groups in total. The van der Waals surface area contributed by atoms with Crippen molar-refractivity contribution in [2.75, 3.05) is 5.73 Å². The van der Waals surface area contributed by atoms with E-state index in [1.54, 1.807) is 0 Å². The third kappa shape index (κ3) is 2.82. The summed E-state index contributed by atoms with van der Waals surface area (Å²) < 4.78 is 2.26. The molecule has 1 aromatic heterocycles. The van der Waals surface area contributed by atoms with Crippen LogP contribution in [0.1, 0.15) is 62.5 Å². The van der Waals surface area contributed by atoms with Crippen LogP contribution in [0.25, 0.3) is 0 Å². The monoisotopic (exact) mass is 283 g/mol. The largest absolute Gasteiger partial charge is 0.384 e. The Morgan fingerprint density at radius 2 is 1.86 bits per heavy atom. The Morgan fingerprint density at radius 1 is 1.19 bits per heavy atom. The topological polar surface area (TPSA) is 43.8 Å². The molecule has 0 amide bonds. The fourth-order valence-corrected chi connectivity index (χ4v) is 2.93. The number of imidazole rings is 1. The molecule has 0 radical (unpaired) electrons. The second kappa shape index (κ2) is 5.55. The molecular formula is C18H25N3. The first-order valence-corrected chi connectivity index (χ1v) is 7.98. The van der Waals surface area contributed by atoms with Gasteiger partial charge in [-0.1, -0.05) is 51.1 Å². The Balaban J connectivity index is 1.99. The van der Waals surface area contributed by atoms with Gasteiger partial charge >= 0.3 is 0 Å². The van der Waals surface area contributed by atoms with Gasteiger partial charge in [0, 0.05) is 18.4 Å².